The number of morpholine rings is 1. The van der Waals surface area contributed by atoms with Crippen molar-refractivity contribution >= 4 is 17.3 Å². The van der Waals surface area contributed by atoms with Crippen LogP contribution in [0.2, 0.25) is 5.02 Å². The lowest BCUT2D eigenvalue weighted by molar-refractivity contribution is 0.0532. The van der Waals surface area contributed by atoms with Crippen molar-refractivity contribution in [2.24, 2.45) is 5.92 Å². The Balaban J connectivity index is 1.98. The maximum atomic E-state index is 6.40. The monoisotopic (exact) mass is 296 g/mol. The molecule has 2 rings (SSSR count). The molecule has 1 aliphatic rings. The van der Waals surface area contributed by atoms with Crippen molar-refractivity contribution in [3.63, 3.8) is 0 Å². The molecule has 1 N–H and O–H groups in total. The quantitative estimate of drug-likeness (QED) is 0.902. The molecule has 0 saturated carbocycles. The second kappa shape index (κ2) is 7.30. The molecule has 1 unspecified atom stereocenters. The molecular formula is C16H25ClN2O. The minimum atomic E-state index is 0.287. The third-order valence-corrected chi connectivity index (χ3v) is 3.86. The van der Waals surface area contributed by atoms with Gasteiger partial charge in [-0.05, 0) is 37.1 Å². The van der Waals surface area contributed by atoms with Crippen molar-refractivity contribution in [2.75, 3.05) is 31.1 Å². The van der Waals surface area contributed by atoms with E-state index in [9.17, 15) is 0 Å². The molecular weight excluding hydrogens is 272 g/mol. The first-order chi connectivity index (χ1) is 9.56. The van der Waals surface area contributed by atoms with Crippen LogP contribution in [-0.2, 0) is 11.3 Å². The van der Waals surface area contributed by atoms with Gasteiger partial charge in [-0.1, -0.05) is 31.5 Å². The minimum Gasteiger partial charge on any atom is -0.375 e. The Labute approximate surface area is 127 Å². The van der Waals surface area contributed by atoms with Crippen LogP contribution in [0.5, 0.6) is 0 Å². The van der Waals surface area contributed by atoms with Crippen molar-refractivity contribution in [3.8, 4) is 0 Å². The maximum absolute atomic E-state index is 6.40. The molecule has 1 saturated heterocycles. The van der Waals surface area contributed by atoms with E-state index in [4.69, 9.17) is 16.3 Å². The van der Waals surface area contributed by atoms with E-state index in [0.717, 1.165) is 43.4 Å². The van der Waals surface area contributed by atoms with E-state index in [1.807, 2.05) is 0 Å². The second-order valence-corrected chi connectivity index (χ2v) is 6.34. The van der Waals surface area contributed by atoms with Crippen LogP contribution in [0.3, 0.4) is 0 Å². The van der Waals surface area contributed by atoms with Gasteiger partial charge in [-0.2, -0.15) is 0 Å². The van der Waals surface area contributed by atoms with E-state index in [1.54, 1.807) is 0 Å². The Morgan fingerprint density at radius 2 is 2.25 bits per heavy atom. The van der Waals surface area contributed by atoms with Gasteiger partial charge in [0.05, 0.1) is 12.7 Å². The average molecular weight is 297 g/mol. The van der Waals surface area contributed by atoms with Crippen molar-refractivity contribution in [3.05, 3.63) is 28.8 Å². The first-order valence-electron chi connectivity index (χ1n) is 7.42. The molecule has 1 heterocycles. The number of rotatable bonds is 5. The number of hydrogen-bond acceptors (Lipinski definition) is 3. The fourth-order valence-corrected chi connectivity index (χ4v) is 2.67. The Morgan fingerprint density at radius 1 is 1.45 bits per heavy atom. The van der Waals surface area contributed by atoms with Gasteiger partial charge >= 0.3 is 0 Å². The predicted octanol–water partition coefficient (Wildman–Crippen LogP) is 3.31. The van der Waals surface area contributed by atoms with Gasteiger partial charge in [0.15, 0.2) is 0 Å². The molecule has 3 nitrogen and oxygen atoms in total. The number of benzene rings is 1. The molecule has 1 aliphatic heterocycles. The zero-order valence-corrected chi connectivity index (χ0v) is 13.4. The van der Waals surface area contributed by atoms with Crippen LogP contribution in [0.15, 0.2) is 18.2 Å². The Morgan fingerprint density at radius 3 is 2.90 bits per heavy atom. The fraction of sp³-hybridized carbons (Fsp3) is 0.625. The summed E-state index contributed by atoms with van der Waals surface area (Å²) in [5.41, 5.74) is 2.36. The summed E-state index contributed by atoms with van der Waals surface area (Å²) in [4.78, 5) is 2.34. The van der Waals surface area contributed by atoms with Crippen LogP contribution in [0.4, 0.5) is 5.69 Å². The van der Waals surface area contributed by atoms with Crippen LogP contribution in [0, 0.1) is 5.92 Å². The van der Waals surface area contributed by atoms with E-state index in [2.05, 4.69) is 49.2 Å². The molecule has 1 aromatic rings. The van der Waals surface area contributed by atoms with Crippen LogP contribution in [-0.4, -0.2) is 32.3 Å². The number of nitrogens with one attached hydrogen (secondary N) is 1. The summed E-state index contributed by atoms with van der Waals surface area (Å²) in [7, 11) is 0. The average Bonchev–Trinajstić information content (AvgIpc) is 2.40. The van der Waals surface area contributed by atoms with Crippen LogP contribution < -0.4 is 10.2 Å². The lowest BCUT2D eigenvalue weighted by atomic mass is 10.1. The summed E-state index contributed by atoms with van der Waals surface area (Å²) >= 11 is 6.40. The SMILES string of the molecule is CC(C)CNCc1ccc(N2CCOC(C)C2)cc1Cl. The molecule has 1 fully saturated rings. The number of hydrogen-bond donors (Lipinski definition) is 1. The van der Waals surface area contributed by atoms with E-state index >= 15 is 0 Å². The lowest BCUT2D eigenvalue weighted by Gasteiger charge is -2.33. The third kappa shape index (κ3) is 4.37. The van der Waals surface area contributed by atoms with Gasteiger partial charge in [-0.25, -0.2) is 0 Å². The fourth-order valence-electron chi connectivity index (χ4n) is 2.42. The summed E-state index contributed by atoms with van der Waals surface area (Å²) < 4.78 is 5.57. The highest BCUT2D eigenvalue weighted by Gasteiger charge is 2.17. The van der Waals surface area contributed by atoms with Crippen LogP contribution >= 0.6 is 11.6 Å². The number of anilines is 1. The van der Waals surface area contributed by atoms with E-state index in [0.29, 0.717) is 5.92 Å². The van der Waals surface area contributed by atoms with Gasteiger partial charge in [0.1, 0.15) is 0 Å². The highest BCUT2D eigenvalue weighted by atomic mass is 35.5. The molecule has 0 radical (unpaired) electrons. The molecule has 0 aliphatic carbocycles. The van der Waals surface area contributed by atoms with E-state index < -0.39 is 0 Å². The molecule has 0 spiro atoms. The van der Waals surface area contributed by atoms with E-state index in [1.165, 1.54) is 5.69 Å². The Bertz CT molecular complexity index is 436. The van der Waals surface area contributed by atoms with Gasteiger partial charge in [0.2, 0.25) is 0 Å². The molecule has 0 aromatic heterocycles. The third-order valence-electron chi connectivity index (χ3n) is 3.51. The highest BCUT2D eigenvalue weighted by molar-refractivity contribution is 6.31. The summed E-state index contributed by atoms with van der Waals surface area (Å²) in [5.74, 6) is 0.655. The number of halogens is 1. The number of nitrogens with zero attached hydrogens (tertiary/aromatic N) is 1. The maximum Gasteiger partial charge on any atom is 0.0722 e. The van der Waals surface area contributed by atoms with Crippen molar-refractivity contribution in [1.82, 2.24) is 5.32 Å². The van der Waals surface area contributed by atoms with Crippen molar-refractivity contribution in [1.29, 1.82) is 0 Å². The summed E-state index contributed by atoms with van der Waals surface area (Å²) in [6.45, 7) is 11.0. The van der Waals surface area contributed by atoms with Crippen LogP contribution in [0.25, 0.3) is 0 Å². The first-order valence-corrected chi connectivity index (χ1v) is 7.79. The molecule has 20 heavy (non-hydrogen) atoms. The predicted molar refractivity (Wildman–Crippen MR) is 85.6 cm³/mol. The van der Waals surface area contributed by atoms with Crippen molar-refractivity contribution in [2.45, 2.75) is 33.4 Å². The largest absolute Gasteiger partial charge is 0.375 e. The Hall–Kier alpha value is -0.770. The van der Waals surface area contributed by atoms with Gasteiger partial charge in [0, 0.05) is 30.3 Å². The summed E-state index contributed by atoms with van der Waals surface area (Å²) in [5, 5.41) is 4.28. The van der Waals surface area contributed by atoms with E-state index in [-0.39, 0.29) is 6.10 Å². The molecule has 0 bridgehead atoms. The molecule has 112 valence electrons. The normalized spacial score (nSPS) is 19.6. The zero-order valence-electron chi connectivity index (χ0n) is 12.7. The molecule has 4 heteroatoms. The van der Waals surface area contributed by atoms with Crippen molar-refractivity contribution < 1.29 is 4.74 Å². The first kappa shape index (κ1) is 15.6. The summed E-state index contributed by atoms with van der Waals surface area (Å²) in [6, 6.07) is 6.37. The standard InChI is InChI=1S/C16H25ClN2O/c1-12(2)9-18-10-14-4-5-15(8-16(14)17)19-6-7-20-13(3)11-19/h4-5,8,12-13,18H,6-7,9-11H2,1-3H3. The number of ether oxygens (including phenoxy) is 1. The molecule has 0 amide bonds. The minimum absolute atomic E-state index is 0.287. The summed E-state index contributed by atoms with van der Waals surface area (Å²) in [6.07, 6.45) is 0.287. The van der Waals surface area contributed by atoms with Crippen LogP contribution in [0.1, 0.15) is 26.3 Å². The van der Waals surface area contributed by atoms with Gasteiger partial charge in [-0.15, -0.1) is 0 Å². The topological polar surface area (TPSA) is 24.5 Å². The smallest absolute Gasteiger partial charge is 0.0722 e. The molecule has 1 atom stereocenters. The van der Waals surface area contributed by atoms with Gasteiger partial charge in [-0.3, -0.25) is 0 Å². The lowest BCUT2D eigenvalue weighted by Crippen LogP contribution is -2.41. The van der Waals surface area contributed by atoms with Gasteiger partial charge < -0.3 is 15.0 Å². The zero-order chi connectivity index (χ0) is 14.5. The molecule has 1 aromatic carbocycles. The Kier molecular flexibility index (Phi) is 5.70. The van der Waals surface area contributed by atoms with Gasteiger partial charge in [0.25, 0.3) is 0 Å². The highest BCUT2D eigenvalue weighted by Crippen LogP contribution is 2.25. The second-order valence-electron chi connectivity index (χ2n) is 5.93.